The van der Waals surface area contributed by atoms with Gasteiger partial charge in [-0.1, -0.05) is 6.07 Å². The molecule has 0 saturated carbocycles. The molecule has 0 aliphatic carbocycles. The maximum atomic E-state index is 12.0. The van der Waals surface area contributed by atoms with Crippen LogP contribution in [0.15, 0.2) is 29.2 Å². The van der Waals surface area contributed by atoms with Gasteiger partial charge in [0, 0.05) is 16.6 Å². The maximum Gasteiger partial charge on any atom is 0.279 e. The number of likely N-dealkylation sites (N-methyl/N-ethyl adjacent to an activating group) is 1. The van der Waals surface area contributed by atoms with Crippen LogP contribution in [0.4, 0.5) is 5.69 Å². The number of anilines is 1. The Hall–Kier alpha value is -1.53. The molecule has 21 heavy (non-hydrogen) atoms. The SMILES string of the molecule is CSc1cccc(NC(=O)C[NH+](C)CC(=O)NC(C)C)c1. The van der Waals surface area contributed by atoms with Crippen molar-refractivity contribution < 1.29 is 14.5 Å². The quantitative estimate of drug-likeness (QED) is 0.638. The highest BCUT2D eigenvalue weighted by Gasteiger charge is 2.14. The Morgan fingerprint density at radius 1 is 1.24 bits per heavy atom. The van der Waals surface area contributed by atoms with Crippen LogP contribution in [-0.2, 0) is 9.59 Å². The number of hydrogen-bond acceptors (Lipinski definition) is 3. The molecule has 0 aromatic heterocycles. The highest BCUT2D eigenvalue weighted by molar-refractivity contribution is 7.98. The fourth-order valence-electron chi connectivity index (χ4n) is 1.89. The molecule has 1 atom stereocenters. The van der Waals surface area contributed by atoms with Crippen LogP contribution < -0.4 is 15.5 Å². The molecule has 0 fully saturated rings. The monoisotopic (exact) mass is 310 g/mol. The van der Waals surface area contributed by atoms with Crippen LogP contribution >= 0.6 is 11.8 Å². The Balaban J connectivity index is 2.43. The summed E-state index contributed by atoms with van der Waals surface area (Å²) in [6.07, 6.45) is 1.99. The van der Waals surface area contributed by atoms with Crippen molar-refractivity contribution >= 4 is 29.3 Å². The summed E-state index contributed by atoms with van der Waals surface area (Å²) in [6.45, 7) is 4.38. The molecule has 1 rings (SSSR count). The Kier molecular flexibility index (Phi) is 7.25. The Morgan fingerprint density at radius 2 is 1.90 bits per heavy atom. The molecule has 3 N–H and O–H groups in total. The molecule has 0 aliphatic rings. The predicted molar refractivity (Wildman–Crippen MR) is 86.8 cm³/mol. The van der Waals surface area contributed by atoms with Gasteiger partial charge < -0.3 is 15.5 Å². The van der Waals surface area contributed by atoms with E-state index in [2.05, 4.69) is 10.6 Å². The summed E-state index contributed by atoms with van der Waals surface area (Å²) in [6, 6.07) is 7.82. The minimum Gasteiger partial charge on any atom is -0.349 e. The van der Waals surface area contributed by atoms with Gasteiger partial charge in [-0.2, -0.15) is 0 Å². The zero-order valence-corrected chi connectivity index (χ0v) is 13.8. The number of quaternary nitrogens is 1. The number of benzene rings is 1. The van der Waals surface area contributed by atoms with Crippen molar-refractivity contribution in [2.24, 2.45) is 0 Å². The average Bonchev–Trinajstić information content (AvgIpc) is 2.37. The van der Waals surface area contributed by atoms with Gasteiger partial charge in [-0.15, -0.1) is 11.8 Å². The predicted octanol–water partition coefficient (Wildman–Crippen LogP) is 0.386. The van der Waals surface area contributed by atoms with E-state index >= 15 is 0 Å². The van der Waals surface area contributed by atoms with Crippen LogP contribution in [0.5, 0.6) is 0 Å². The van der Waals surface area contributed by atoms with E-state index in [1.165, 1.54) is 0 Å². The lowest BCUT2D eigenvalue weighted by molar-refractivity contribution is -0.862. The molecule has 0 spiro atoms. The topological polar surface area (TPSA) is 62.6 Å². The molecule has 5 nitrogen and oxygen atoms in total. The van der Waals surface area contributed by atoms with E-state index < -0.39 is 0 Å². The van der Waals surface area contributed by atoms with Crippen LogP contribution in [0.1, 0.15) is 13.8 Å². The van der Waals surface area contributed by atoms with Gasteiger partial charge in [-0.05, 0) is 38.3 Å². The summed E-state index contributed by atoms with van der Waals surface area (Å²) < 4.78 is 0. The molecule has 0 heterocycles. The van der Waals surface area contributed by atoms with Crippen molar-refractivity contribution in [2.75, 3.05) is 31.7 Å². The first-order valence-electron chi connectivity index (χ1n) is 6.95. The second kappa shape index (κ2) is 8.69. The standard InChI is InChI=1S/C15H23N3O2S/c1-11(2)16-14(19)9-18(3)10-15(20)17-12-6-5-7-13(8-12)21-4/h5-8,11H,9-10H2,1-4H3,(H,16,19)(H,17,20)/p+1. The van der Waals surface area contributed by atoms with Crippen molar-refractivity contribution in [3.63, 3.8) is 0 Å². The second-order valence-electron chi connectivity index (χ2n) is 5.31. The van der Waals surface area contributed by atoms with E-state index in [9.17, 15) is 9.59 Å². The van der Waals surface area contributed by atoms with Crippen LogP contribution in [-0.4, -0.2) is 44.2 Å². The highest BCUT2D eigenvalue weighted by atomic mass is 32.2. The third-order valence-corrected chi connectivity index (χ3v) is 3.45. The number of thioether (sulfide) groups is 1. The third-order valence-electron chi connectivity index (χ3n) is 2.73. The van der Waals surface area contributed by atoms with Gasteiger partial charge in [0.2, 0.25) is 0 Å². The molecule has 116 valence electrons. The smallest absolute Gasteiger partial charge is 0.279 e. The lowest BCUT2D eigenvalue weighted by atomic mass is 10.3. The molecule has 1 unspecified atom stereocenters. The van der Waals surface area contributed by atoms with E-state index in [1.54, 1.807) is 11.8 Å². The molecule has 0 bridgehead atoms. The van der Waals surface area contributed by atoms with Crippen LogP contribution in [0.25, 0.3) is 0 Å². The number of carbonyl (C=O) groups is 2. The number of carbonyl (C=O) groups excluding carboxylic acids is 2. The number of amides is 2. The molecular formula is C15H24N3O2S+. The van der Waals surface area contributed by atoms with Crippen molar-refractivity contribution in [1.29, 1.82) is 0 Å². The number of nitrogens with one attached hydrogen (secondary N) is 3. The summed E-state index contributed by atoms with van der Waals surface area (Å²) in [4.78, 5) is 25.5. The molecular weight excluding hydrogens is 286 g/mol. The summed E-state index contributed by atoms with van der Waals surface area (Å²) in [7, 11) is 1.83. The molecule has 0 saturated heterocycles. The van der Waals surface area contributed by atoms with Gasteiger partial charge in [0.1, 0.15) is 0 Å². The third kappa shape index (κ3) is 7.15. The molecule has 1 aromatic rings. The Morgan fingerprint density at radius 3 is 2.52 bits per heavy atom. The second-order valence-corrected chi connectivity index (χ2v) is 6.19. The molecule has 1 aromatic carbocycles. The zero-order valence-electron chi connectivity index (χ0n) is 13.0. The first-order valence-corrected chi connectivity index (χ1v) is 8.17. The summed E-state index contributed by atoms with van der Waals surface area (Å²) in [5.74, 6) is -0.136. The normalized spacial score (nSPS) is 12.0. The summed E-state index contributed by atoms with van der Waals surface area (Å²) in [5, 5.41) is 5.67. The first-order chi connectivity index (χ1) is 9.90. The van der Waals surface area contributed by atoms with E-state index in [1.807, 2.05) is 51.4 Å². The van der Waals surface area contributed by atoms with Gasteiger partial charge in [0.15, 0.2) is 13.1 Å². The van der Waals surface area contributed by atoms with Gasteiger partial charge >= 0.3 is 0 Å². The van der Waals surface area contributed by atoms with Crippen molar-refractivity contribution in [1.82, 2.24) is 5.32 Å². The zero-order chi connectivity index (χ0) is 15.8. The fraction of sp³-hybridized carbons (Fsp3) is 0.467. The van der Waals surface area contributed by atoms with E-state index in [4.69, 9.17) is 0 Å². The largest absolute Gasteiger partial charge is 0.349 e. The van der Waals surface area contributed by atoms with Gasteiger partial charge in [0.25, 0.3) is 11.8 Å². The molecule has 0 radical (unpaired) electrons. The lowest BCUT2D eigenvalue weighted by Crippen LogP contribution is -3.11. The maximum absolute atomic E-state index is 12.0. The summed E-state index contributed by atoms with van der Waals surface area (Å²) in [5.41, 5.74) is 0.784. The van der Waals surface area contributed by atoms with Crippen LogP contribution in [0, 0.1) is 0 Å². The van der Waals surface area contributed by atoms with Gasteiger partial charge in [-0.3, -0.25) is 9.59 Å². The minimum atomic E-state index is -0.0944. The van der Waals surface area contributed by atoms with Crippen LogP contribution in [0.2, 0.25) is 0 Å². The number of hydrogen-bond donors (Lipinski definition) is 3. The van der Waals surface area contributed by atoms with Crippen molar-refractivity contribution in [3.8, 4) is 0 Å². The fourth-order valence-corrected chi connectivity index (χ4v) is 2.35. The van der Waals surface area contributed by atoms with Gasteiger partial charge in [0.05, 0.1) is 7.05 Å². The van der Waals surface area contributed by atoms with Crippen molar-refractivity contribution in [3.05, 3.63) is 24.3 Å². The van der Waals surface area contributed by atoms with E-state index in [0.717, 1.165) is 15.5 Å². The highest BCUT2D eigenvalue weighted by Crippen LogP contribution is 2.18. The van der Waals surface area contributed by atoms with Crippen molar-refractivity contribution in [2.45, 2.75) is 24.8 Å². The van der Waals surface area contributed by atoms with E-state index in [-0.39, 0.29) is 30.9 Å². The first kappa shape index (κ1) is 17.5. The van der Waals surface area contributed by atoms with Gasteiger partial charge in [-0.25, -0.2) is 0 Å². The Bertz CT molecular complexity index is 492. The number of rotatable bonds is 7. The lowest BCUT2D eigenvalue weighted by Gasteiger charge is -2.15. The average molecular weight is 310 g/mol. The minimum absolute atomic E-state index is 0.0420. The Labute approximate surface area is 130 Å². The molecule has 6 heteroatoms. The summed E-state index contributed by atoms with van der Waals surface area (Å²) >= 11 is 1.63. The van der Waals surface area contributed by atoms with E-state index in [0.29, 0.717) is 0 Å². The van der Waals surface area contributed by atoms with Crippen LogP contribution in [0.3, 0.4) is 0 Å². The molecule has 0 aliphatic heterocycles. The molecule has 2 amide bonds.